The summed E-state index contributed by atoms with van der Waals surface area (Å²) in [5.74, 6) is 1.85. The Morgan fingerprint density at radius 2 is 2.06 bits per heavy atom. The van der Waals surface area contributed by atoms with Crippen molar-refractivity contribution in [1.29, 1.82) is 0 Å². The van der Waals surface area contributed by atoms with Crippen LogP contribution in [-0.2, 0) is 0 Å². The Morgan fingerprint density at radius 1 is 1.25 bits per heavy atom. The van der Waals surface area contributed by atoms with Gasteiger partial charge in [-0.1, -0.05) is 0 Å². The molecule has 16 heavy (non-hydrogen) atoms. The molecule has 0 amide bonds. The van der Waals surface area contributed by atoms with Gasteiger partial charge < -0.3 is 4.42 Å². The van der Waals surface area contributed by atoms with Crippen molar-refractivity contribution >= 4 is 22.7 Å². The van der Waals surface area contributed by atoms with Crippen molar-refractivity contribution < 1.29 is 9.21 Å². The number of aryl methyl sites for hydroxylation is 1. The van der Waals surface area contributed by atoms with E-state index in [0.717, 1.165) is 33.1 Å². The maximum atomic E-state index is 11.6. The van der Waals surface area contributed by atoms with E-state index in [1.54, 1.807) is 6.08 Å². The van der Waals surface area contributed by atoms with Crippen molar-refractivity contribution in [3.8, 4) is 11.3 Å². The lowest BCUT2D eigenvalue weighted by Crippen LogP contribution is -1.84. The van der Waals surface area contributed by atoms with Crippen molar-refractivity contribution in [2.24, 2.45) is 0 Å². The number of carbonyl (C=O) groups is 1. The standard InChI is InChI=1S/C13H10O2S/c1-7-5-10(14)13-12(7)9(6-16-13)11-4-3-8(2)15-11/h3-6H,1-2H3. The molecule has 2 aromatic rings. The minimum absolute atomic E-state index is 0.118. The van der Waals surface area contributed by atoms with Crippen LogP contribution in [0.15, 0.2) is 28.0 Å². The molecule has 0 aliphatic heterocycles. The topological polar surface area (TPSA) is 30.2 Å². The van der Waals surface area contributed by atoms with Crippen molar-refractivity contribution in [3.63, 3.8) is 0 Å². The molecule has 0 fully saturated rings. The zero-order chi connectivity index (χ0) is 11.3. The molecule has 2 nitrogen and oxygen atoms in total. The van der Waals surface area contributed by atoms with Crippen LogP contribution in [0, 0.1) is 6.92 Å². The van der Waals surface area contributed by atoms with Gasteiger partial charge in [0.05, 0.1) is 4.88 Å². The Kier molecular flexibility index (Phi) is 1.91. The van der Waals surface area contributed by atoms with E-state index in [1.807, 2.05) is 31.4 Å². The Labute approximate surface area is 97.2 Å². The number of thiophene rings is 1. The van der Waals surface area contributed by atoms with E-state index < -0.39 is 0 Å². The maximum absolute atomic E-state index is 11.6. The number of rotatable bonds is 1. The average Bonchev–Trinajstić information content (AvgIpc) is 2.86. The molecular weight excluding hydrogens is 220 g/mol. The van der Waals surface area contributed by atoms with E-state index in [2.05, 4.69) is 0 Å². The second-order valence-electron chi connectivity index (χ2n) is 3.96. The van der Waals surface area contributed by atoms with E-state index >= 15 is 0 Å². The normalized spacial score (nSPS) is 14.1. The highest BCUT2D eigenvalue weighted by molar-refractivity contribution is 7.13. The highest BCUT2D eigenvalue weighted by Gasteiger charge is 2.25. The van der Waals surface area contributed by atoms with Crippen LogP contribution >= 0.6 is 11.3 Å². The number of hydrogen-bond donors (Lipinski definition) is 0. The van der Waals surface area contributed by atoms with Crippen molar-refractivity contribution in [3.05, 3.63) is 39.8 Å². The fraction of sp³-hybridized carbons (Fsp3) is 0.154. The number of ketones is 1. The largest absolute Gasteiger partial charge is 0.461 e. The molecule has 0 radical (unpaired) electrons. The Balaban J connectivity index is 2.22. The molecule has 1 aliphatic rings. The summed E-state index contributed by atoms with van der Waals surface area (Å²) < 4.78 is 5.60. The van der Waals surface area contributed by atoms with Crippen molar-refractivity contribution in [2.45, 2.75) is 13.8 Å². The Morgan fingerprint density at radius 3 is 2.75 bits per heavy atom. The van der Waals surface area contributed by atoms with Gasteiger partial charge in [-0.05, 0) is 37.6 Å². The van der Waals surface area contributed by atoms with Gasteiger partial charge in [0.25, 0.3) is 0 Å². The first-order valence-electron chi connectivity index (χ1n) is 5.08. The lowest BCUT2D eigenvalue weighted by atomic mass is 10.1. The van der Waals surface area contributed by atoms with Crippen molar-refractivity contribution in [1.82, 2.24) is 0 Å². The zero-order valence-electron chi connectivity index (χ0n) is 9.03. The zero-order valence-corrected chi connectivity index (χ0v) is 9.85. The van der Waals surface area contributed by atoms with E-state index in [1.165, 1.54) is 11.3 Å². The molecule has 2 aromatic heterocycles. The predicted octanol–water partition coefficient (Wildman–Crippen LogP) is 3.92. The van der Waals surface area contributed by atoms with E-state index in [-0.39, 0.29) is 5.78 Å². The second-order valence-corrected chi connectivity index (χ2v) is 4.84. The number of carbonyl (C=O) groups excluding carboxylic acids is 1. The third-order valence-electron chi connectivity index (χ3n) is 2.76. The third-order valence-corrected chi connectivity index (χ3v) is 3.76. The minimum atomic E-state index is 0.118. The van der Waals surface area contributed by atoms with Gasteiger partial charge in [0.1, 0.15) is 11.5 Å². The molecule has 0 saturated heterocycles. The predicted molar refractivity (Wildman–Crippen MR) is 64.7 cm³/mol. The number of allylic oxidation sites excluding steroid dienone is 2. The van der Waals surface area contributed by atoms with Gasteiger partial charge in [-0.2, -0.15) is 0 Å². The average molecular weight is 230 g/mol. The van der Waals surface area contributed by atoms with Crippen LogP contribution in [0.2, 0.25) is 0 Å². The highest BCUT2D eigenvalue weighted by Crippen LogP contribution is 2.40. The van der Waals surface area contributed by atoms with Crippen molar-refractivity contribution in [2.75, 3.05) is 0 Å². The first-order valence-corrected chi connectivity index (χ1v) is 5.96. The van der Waals surface area contributed by atoms with Crippen LogP contribution < -0.4 is 0 Å². The molecule has 0 N–H and O–H groups in total. The van der Waals surface area contributed by atoms with E-state index in [0.29, 0.717) is 0 Å². The van der Waals surface area contributed by atoms with E-state index in [9.17, 15) is 4.79 Å². The van der Waals surface area contributed by atoms with Gasteiger partial charge in [0, 0.05) is 16.5 Å². The number of hydrogen-bond acceptors (Lipinski definition) is 3. The first-order chi connectivity index (χ1) is 7.66. The molecule has 0 atom stereocenters. The maximum Gasteiger partial charge on any atom is 0.196 e. The SMILES string of the molecule is CC1=CC(=O)c2scc(-c3ccc(C)o3)c21. The van der Waals surface area contributed by atoms with Gasteiger partial charge >= 0.3 is 0 Å². The van der Waals surface area contributed by atoms with Crippen LogP contribution in [0.4, 0.5) is 0 Å². The molecule has 0 bridgehead atoms. The second kappa shape index (κ2) is 3.19. The molecule has 0 unspecified atom stereocenters. The molecule has 0 saturated carbocycles. The Hall–Kier alpha value is -1.61. The van der Waals surface area contributed by atoms with Gasteiger partial charge in [0.15, 0.2) is 5.78 Å². The quantitative estimate of drug-likeness (QED) is 0.743. The third kappa shape index (κ3) is 1.21. The van der Waals surface area contributed by atoms with Gasteiger partial charge in [-0.25, -0.2) is 0 Å². The summed E-state index contributed by atoms with van der Waals surface area (Å²) in [6, 6.07) is 3.89. The summed E-state index contributed by atoms with van der Waals surface area (Å²) in [6.07, 6.45) is 1.69. The first kappa shape index (κ1) is 9.60. The summed E-state index contributed by atoms with van der Waals surface area (Å²) in [5.41, 5.74) is 3.11. The van der Waals surface area contributed by atoms with E-state index in [4.69, 9.17) is 4.42 Å². The van der Waals surface area contributed by atoms with Crippen LogP contribution in [0.25, 0.3) is 16.9 Å². The van der Waals surface area contributed by atoms with Gasteiger partial charge in [0.2, 0.25) is 0 Å². The fourth-order valence-corrected chi connectivity index (χ4v) is 3.06. The molecule has 80 valence electrons. The summed E-state index contributed by atoms with van der Waals surface area (Å²) in [5, 5.41) is 2.00. The fourth-order valence-electron chi connectivity index (χ4n) is 2.03. The van der Waals surface area contributed by atoms with Gasteiger partial charge in [-0.15, -0.1) is 11.3 Å². The van der Waals surface area contributed by atoms with Crippen LogP contribution in [0.3, 0.4) is 0 Å². The monoisotopic (exact) mass is 230 g/mol. The van der Waals surface area contributed by atoms with Crippen LogP contribution in [0.1, 0.15) is 27.9 Å². The number of fused-ring (bicyclic) bond motifs is 1. The summed E-state index contributed by atoms with van der Waals surface area (Å²) in [7, 11) is 0. The molecule has 2 heterocycles. The number of furan rings is 1. The molecular formula is C13H10O2S. The van der Waals surface area contributed by atoms with Gasteiger partial charge in [-0.3, -0.25) is 4.79 Å². The molecule has 3 rings (SSSR count). The highest BCUT2D eigenvalue weighted by atomic mass is 32.1. The summed E-state index contributed by atoms with van der Waals surface area (Å²) in [6.45, 7) is 3.89. The molecule has 0 aromatic carbocycles. The van der Waals surface area contributed by atoms with Crippen LogP contribution in [-0.4, -0.2) is 5.78 Å². The Bertz CT molecular complexity index is 614. The lowest BCUT2D eigenvalue weighted by molar-refractivity contribution is 0.105. The molecule has 0 spiro atoms. The minimum Gasteiger partial charge on any atom is -0.461 e. The molecule has 1 aliphatic carbocycles. The molecule has 3 heteroatoms. The summed E-state index contributed by atoms with van der Waals surface area (Å²) in [4.78, 5) is 12.5. The van der Waals surface area contributed by atoms with Crippen LogP contribution in [0.5, 0.6) is 0 Å². The lowest BCUT2D eigenvalue weighted by Gasteiger charge is -1.98. The summed E-state index contributed by atoms with van der Waals surface area (Å²) >= 11 is 1.49. The smallest absolute Gasteiger partial charge is 0.196 e.